The van der Waals surface area contributed by atoms with Gasteiger partial charge in [0.25, 0.3) is 5.56 Å². The molecule has 0 aliphatic carbocycles. The van der Waals surface area contributed by atoms with Crippen LogP contribution in [0.2, 0.25) is 0 Å². The molecule has 0 spiro atoms. The number of halogens is 3. The molecule has 1 aromatic heterocycles. The average molecular weight is 346 g/mol. The molecule has 124 valence electrons. The summed E-state index contributed by atoms with van der Waals surface area (Å²) in [5.41, 5.74) is -0.186. The van der Waals surface area contributed by atoms with Crippen LogP contribution in [0.1, 0.15) is 0 Å². The minimum Gasteiger partial charge on any atom is -0.405 e. The molecular formula is C14H13F3N2O3S. The van der Waals surface area contributed by atoms with E-state index in [-0.39, 0.29) is 29.2 Å². The first-order chi connectivity index (χ1) is 10.8. The molecule has 0 bridgehead atoms. The number of hydrogen-bond acceptors (Lipinski definition) is 4. The number of alkyl halides is 3. The van der Waals surface area contributed by atoms with Crippen LogP contribution in [0, 0.1) is 4.77 Å². The van der Waals surface area contributed by atoms with Gasteiger partial charge in [-0.3, -0.25) is 9.78 Å². The molecule has 0 aliphatic heterocycles. The van der Waals surface area contributed by atoms with Gasteiger partial charge in [0.2, 0.25) is 0 Å². The molecule has 1 heterocycles. The summed E-state index contributed by atoms with van der Waals surface area (Å²) in [6.45, 7) is 0.539. The minimum absolute atomic E-state index is 0.0892. The largest absolute Gasteiger partial charge is 0.573 e. The lowest BCUT2D eigenvalue weighted by Crippen LogP contribution is -2.20. The molecule has 1 N–H and O–H groups in total. The van der Waals surface area contributed by atoms with Crippen molar-refractivity contribution in [1.82, 2.24) is 9.55 Å². The summed E-state index contributed by atoms with van der Waals surface area (Å²) in [6, 6.07) is 6.72. The molecule has 2 aromatic rings. The van der Waals surface area contributed by atoms with Crippen molar-refractivity contribution in [3.8, 4) is 17.0 Å². The minimum atomic E-state index is -4.84. The van der Waals surface area contributed by atoms with Crippen molar-refractivity contribution in [2.45, 2.75) is 12.9 Å². The van der Waals surface area contributed by atoms with Gasteiger partial charge in [0.05, 0.1) is 12.3 Å². The van der Waals surface area contributed by atoms with Crippen molar-refractivity contribution < 1.29 is 22.6 Å². The van der Waals surface area contributed by atoms with Crippen molar-refractivity contribution in [1.29, 1.82) is 0 Å². The van der Waals surface area contributed by atoms with Crippen LogP contribution in [0.3, 0.4) is 0 Å². The summed E-state index contributed by atoms with van der Waals surface area (Å²) >= 11 is 5.08. The first-order valence-corrected chi connectivity index (χ1v) is 6.91. The van der Waals surface area contributed by atoms with Crippen molar-refractivity contribution in [2.24, 2.45) is 0 Å². The number of ether oxygens (including phenoxy) is 2. The highest BCUT2D eigenvalue weighted by Gasteiger charge is 2.32. The topological polar surface area (TPSA) is 56.2 Å². The maximum absolute atomic E-state index is 12.6. The molecule has 0 saturated heterocycles. The second-order valence-corrected chi connectivity index (χ2v) is 4.90. The number of rotatable bonds is 5. The highest BCUT2D eigenvalue weighted by atomic mass is 32.1. The lowest BCUT2D eigenvalue weighted by atomic mass is 10.1. The van der Waals surface area contributed by atoms with E-state index in [2.05, 4.69) is 9.72 Å². The summed E-state index contributed by atoms with van der Waals surface area (Å²) in [4.78, 5) is 14.1. The predicted molar refractivity (Wildman–Crippen MR) is 79.9 cm³/mol. The van der Waals surface area contributed by atoms with Crippen LogP contribution in [-0.2, 0) is 11.3 Å². The molecule has 0 radical (unpaired) electrons. The zero-order valence-electron chi connectivity index (χ0n) is 12.0. The lowest BCUT2D eigenvalue weighted by Gasteiger charge is -2.17. The summed E-state index contributed by atoms with van der Waals surface area (Å²) in [7, 11) is 1.48. The lowest BCUT2D eigenvalue weighted by molar-refractivity contribution is -0.274. The number of hydrogen-bond donors (Lipinski definition) is 1. The Morgan fingerprint density at radius 1 is 1.30 bits per heavy atom. The van der Waals surface area contributed by atoms with Gasteiger partial charge in [-0.05, 0) is 24.4 Å². The maximum atomic E-state index is 12.6. The van der Waals surface area contributed by atoms with Gasteiger partial charge in [-0.2, -0.15) is 0 Å². The Morgan fingerprint density at radius 3 is 2.65 bits per heavy atom. The summed E-state index contributed by atoms with van der Waals surface area (Å²) in [5.74, 6) is -0.411. The van der Waals surface area contributed by atoms with E-state index < -0.39 is 17.7 Å². The molecule has 23 heavy (non-hydrogen) atoms. The Kier molecular flexibility index (Phi) is 5.22. The van der Waals surface area contributed by atoms with Crippen LogP contribution in [0.15, 0.2) is 35.1 Å². The van der Waals surface area contributed by atoms with Gasteiger partial charge < -0.3 is 14.0 Å². The van der Waals surface area contributed by atoms with Crippen molar-refractivity contribution >= 4 is 12.2 Å². The van der Waals surface area contributed by atoms with E-state index in [9.17, 15) is 18.0 Å². The van der Waals surface area contributed by atoms with E-state index in [1.807, 2.05) is 0 Å². The average Bonchev–Trinajstić information content (AvgIpc) is 2.44. The van der Waals surface area contributed by atoms with Gasteiger partial charge in [-0.25, -0.2) is 0 Å². The second-order valence-electron chi connectivity index (χ2n) is 4.51. The monoisotopic (exact) mass is 346 g/mol. The zero-order chi connectivity index (χ0) is 17.0. The number of para-hydroxylation sites is 1. The van der Waals surface area contributed by atoms with Crippen LogP contribution >= 0.6 is 12.2 Å². The van der Waals surface area contributed by atoms with Gasteiger partial charge in [-0.1, -0.05) is 12.1 Å². The van der Waals surface area contributed by atoms with Crippen LogP contribution in [0.4, 0.5) is 13.2 Å². The van der Waals surface area contributed by atoms with Crippen LogP contribution < -0.4 is 10.3 Å². The molecule has 0 saturated carbocycles. The van der Waals surface area contributed by atoms with E-state index in [1.54, 1.807) is 6.07 Å². The fourth-order valence-electron chi connectivity index (χ4n) is 2.04. The molecule has 9 heteroatoms. The third-order valence-corrected chi connectivity index (χ3v) is 3.26. The van der Waals surface area contributed by atoms with E-state index in [0.717, 1.165) is 0 Å². The van der Waals surface area contributed by atoms with Crippen LogP contribution in [0.5, 0.6) is 5.75 Å². The summed E-state index contributed by atoms with van der Waals surface area (Å²) in [5, 5.41) is 0. The predicted octanol–water partition coefficient (Wildman–Crippen LogP) is 3.12. The first kappa shape index (κ1) is 17.2. The number of nitrogens with zero attached hydrogens (tertiary/aromatic N) is 1. The first-order valence-electron chi connectivity index (χ1n) is 6.50. The van der Waals surface area contributed by atoms with Gasteiger partial charge >= 0.3 is 6.36 Å². The Labute approximate surface area is 134 Å². The van der Waals surface area contributed by atoms with Gasteiger partial charge in [-0.15, -0.1) is 13.2 Å². The molecule has 0 fully saturated rings. The maximum Gasteiger partial charge on any atom is 0.573 e. The fraction of sp³-hybridized carbons (Fsp3) is 0.286. The van der Waals surface area contributed by atoms with Crippen molar-refractivity contribution in [3.05, 3.63) is 45.5 Å². The SMILES string of the molecule is COCCn1c(-c2ccccc2OC(F)(F)F)cc(=O)[nH]c1=S. The van der Waals surface area contributed by atoms with E-state index in [0.29, 0.717) is 0 Å². The Balaban J connectivity index is 2.62. The van der Waals surface area contributed by atoms with Crippen molar-refractivity contribution in [2.75, 3.05) is 13.7 Å². The van der Waals surface area contributed by atoms with Crippen LogP contribution in [-0.4, -0.2) is 29.6 Å². The molecule has 5 nitrogen and oxygen atoms in total. The Hall–Kier alpha value is -2.13. The third-order valence-electron chi connectivity index (χ3n) is 2.94. The number of methoxy groups -OCH3 is 1. The molecular weight excluding hydrogens is 333 g/mol. The number of nitrogens with one attached hydrogen (secondary N) is 1. The highest BCUT2D eigenvalue weighted by molar-refractivity contribution is 7.71. The molecule has 0 unspecified atom stereocenters. The molecule has 0 aliphatic rings. The Morgan fingerprint density at radius 2 is 2.00 bits per heavy atom. The smallest absolute Gasteiger partial charge is 0.405 e. The summed E-state index contributed by atoms with van der Waals surface area (Å²) in [6.07, 6.45) is -4.84. The normalized spacial score (nSPS) is 11.5. The zero-order valence-corrected chi connectivity index (χ0v) is 12.8. The number of aromatic nitrogens is 2. The van der Waals surface area contributed by atoms with Gasteiger partial charge in [0.1, 0.15) is 5.75 Å². The highest BCUT2D eigenvalue weighted by Crippen LogP contribution is 2.33. The number of aromatic amines is 1. The van der Waals surface area contributed by atoms with Gasteiger partial charge in [0, 0.05) is 25.3 Å². The standard InChI is InChI=1S/C14H13F3N2O3S/c1-21-7-6-19-10(8-12(20)18-13(19)23)9-4-2-3-5-11(9)22-14(15,16)17/h2-5,8H,6-7H2,1H3,(H,18,20,23). The Bertz CT molecular complexity index is 799. The van der Waals surface area contributed by atoms with E-state index in [4.69, 9.17) is 17.0 Å². The third kappa shape index (κ3) is 4.42. The number of benzene rings is 1. The second kappa shape index (κ2) is 6.97. The number of H-pyrrole nitrogens is 1. The molecule has 2 rings (SSSR count). The summed E-state index contributed by atoms with van der Waals surface area (Å²) < 4.78 is 48.3. The van der Waals surface area contributed by atoms with Gasteiger partial charge in [0.15, 0.2) is 4.77 Å². The molecule has 0 atom stereocenters. The van der Waals surface area contributed by atoms with E-state index in [1.165, 1.54) is 35.9 Å². The molecule has 0 amide bonds. The van der Waals surface area contributed by atoms with Crippen LogP contribution in [0.25, 0.3) is 11.3 Å². The van der Waals surface area contributed by atoms with E-state index >= 15 is 0 Å². The quantitative estimate of drug-likeness (QED) is 0.845. The fourth-order valence-corrected chi connectivity index (χ4v) is 2.33. The van der Waals surface area contributed by atoms with Crippen molar-refractivity contribution in [3.63, 3.8) is 0 Å². The molecule has 1 aromatic carbocycles.